The van der Waals surface area contributed by atoms with Crippen molar-refractivity contribution in [1.29, 1.82) is 0 Å². The van der Waals surface area contributed by atoms with Crippen molar-refractivity contribution in [3.8, 4) is 5.75 Å². The Morgan fingerprint density at radius 1 is 1.06 bits per heavy atom. The molecule has 0 aliphatic heterocycles. The van der Waals surface area contributed by atoms with Gasteiger partial charge in [0.1, 0.15) is 5.75 Å². The van der Waals surface area contributed by atoms with Crippen LogP contribution in [0.25, 0.3) is 0 Å². The molecule has 4 heteroatoms. The topological polar surface area (TPSA) is 21.6 Å². The molecule has 0 aliphatic rings. The van der Waals surface area contributed by atoms with Crippen molar-refractivity contribution in [3.63, 3.8) is 0 Å². The fourth-order valence-electron chi connectivity index (χ4n) is 1.43. The van der Waals surface area contributed by atoms with E-state index in [1.54, 1.807) is 25.5 Å². The van der Waals surface area contributed by atoms with Crippen molar-refractivity contribution in [2.24, 2.45) is 4.99 Å². The molecule has 0 amide bonds. The van der Waals surface area contributed by atoms with Crippen molar-refractivity contribution in [2.75, 3.05) is 7.11 Å². The lowest BCUT2D eigenvalue weighted by atomic mass is 10.2. The molecule has 92 valence electrons. The number of benzene rings is 2. The average Bonchev–Trinajstić information content (AvgIpc) is 2.38. The minimum Gasteiger partial charge on any atom is -0.495 e. The van der Waals surface area contributed by atoms with Crippen LogP contribution < -0.4 is 4.74 Å². The van der Waals surface area contributed by atoms with E-state index in [1.807, 2.05) is 30.3 Å². The third-order valence-corrected chi connectivity index (χ3v) is 2.92. The Hall–Kier alpha value is -1.51. The summed E-state index contributed by atoms with van der Waals surface area (Å²) >= 11 is 11.8. The second-order valence-electron chi connectivity index (χ2n) is 3.63. The van der Waals surface area contributed by atoms with Gasteiger partial charge in [0.05, 0.1) is 17.8 Å². The Balaban J connectivity index is 2.18. The number of hydrogen-bond donors (Lipinski definition) is 0. The van der Waals surface area contributed by atoms with Gasteiger partial charge < -0.3 is 4.74 Å². The number of rotatable bonds is 3. The first-order chi connectivity index (χ1) is 8.69. The van der Waals surface area contributed by atoms with Gasteiger partial charge in [-0.05, 0) is 35.9 Å². The van der Waals surface area contributed by atoms with Gasteiger partial charge in [0.15, 0.2) is 0 Å². The summed E-state index contributed by atoms with van der Waals surface area (Å²) in [6.07, 6.45) is 1.76. The van der Waals surface area contributed by atoms with Gasteiger partial charge in [-0.2, -0.15) is 0 Å². The molecular formula is C14H11Cl2NO. The molecule has 0 aromatic heterocycles. The minimum absolute atomic E-state index is 0.545. The zero-order chi connectivity index (χ0) is 13.0. The van der Waals surface area contributed by atoms with Gasteiger partial charge in [-0.3, -0.25) is 4.99 Å². The van der Waals surface area contributed by atoms with Crippen molar-refractivity contribution in [2.45, 2.75) is 0 Å². The summed E-state index contributed by atoms with van der Waals surface area (Å²) in [6, 6.07) is 12.8. The molecule has 0 saturated heterocycles. The first kappa shape index (κ1) is 12.9. The van der Waals surface area contributed by atoms with Crippen LogP contribution in [0.2, 0.25) is 10.0 Å². The van der Waals surface area contributed by atoms with E-state index >= 15 is 0 Å². The molecular weight excluding hydrogens is 269 g/mol. The van der Waals surface area contributed by atoms with E-state index in [0.717, 1.165) is 11.3 Å². The Kier molecular flexibility index (Phi) is 4.24. The summed E-state index contributed by atoms with van der Waals surface area (Å²) in [7, 11) is 1.58. The summed E-state index contributed by atoms with van der Waals surface area (Å²) in [5.74, 6) is 0.641. The smallest absolute Gasteiger partial charge is 0.137 e. The molecule has 2 aromatic rings. The van der Waals surface area contributed by atoms with Crippen LogP contribution in [0.3, 0.4) is 0 Å². The van der Waals surface area contributed by atoms with Crippen molar-refractivity contribution < 1.29 is 4.74 Å². The van der Waals surface area contributed by atoms with Crippen LogP contribution in [0.5, 0.6) is 5.75 Å². The lowest BCUT2D eigenvalue weighted by Crippen LogP contribution is -1.83. The Morgan fingerprint density at radius 3 is 2.39 bits per heavy atom. The molecule has 0 spiro atoms. The molecule has 2 rings (SSSR count). The molecule has 0 unspecified atom stereocenters. The highest BCUT2D eigenvalue weighted by Gasteiger charge is 2.00. The number of aliphatic imine (C=N–C) groups is 1. The maximum atomic E-state index is 6.02. The molecule has 0 radical (unpaired) electrons. The van der Waals surface area contributed by atoms with Gasteiger partial charge in [-0.15, -0.1) is 0 Å². The largest absolute Gasteiger partial charge is 0.495 e. The SMILES string of the molecule is COc1ccc(N=Cc2ccc(Cl)cc2)cc1Cl. The molecule has 0 bridgehead atoms. The third kappa shape index (κ3) is 3.25. The van der Waals surface area contributed by atoms with E-state index in [0.29, 0.717) is 15.8 Å². The van der Waals surface area contributed by atoms with Crippen LogP contribution in [-0.4, -0.2) is 13.3 Å². The van der Waals surface area contributed by atoms with Crippen LogP contribution in [0, 0.1) is 0 Å². The zero-order valence-electron chi connectivity index (χ0n) is 9.73. The number of halogens is 2. The Labute approximate surface area is 116 Å². The molecule has 0 saturated carbocycles. The number of ether oxygens (including phenoxy) is 1. The summed E-state index contributed by atoms with van der Waals surface area (Å²) in [5.41, 5.74) is 1.75. The van der Waals surface area contributed by atoms with Gasteiger partial charge in [0.2, 0.25) is 0 Å². The summed E-state index contributed by atoms with van der Waals surface area (Å²) in [6.45, 7) is 0. The summed E-state index contributed by atoms with van der Waals surface area (Å²) < 4.78 is 5.08. The summed E-state index contributed by atoms with van der Waals surface area (Å²) in [4.78, 5) is 4.33. The second kappa shape index (κ2) is 5.89. The molecule has 2 nitrogen and oxygen atoms in total. The van der Waals surface area contributed by atoms with Crippen LogP contribution in [0.15, 0.2) is 47.5 Å². The van der Waals surface area contributed by atoms with E-state index in [2.05, 4.69) is 4.99 Å². The van der Waals surface area contributed by atoms with Crippen LogP contribution >= 0.6 is 23.2 Å². The predicted molar refractivity (Wildman–Crippen MR) is 76.7 cm³/mol. The highest BCUT2D eigenvalue weighted by atomic mass is 35.5. The van der Waals surface area contributed by atoms with Crippen LogP contribution in [-0.2, 0) is 0 Å². The van der Waals surface area contributed by atoms with E-state index in [4.69, 9.17) is 27.9 Å². The lowest BCUT2D eigenvalue weighted by Gasteiger charge is -2.02. The molecule has 0 aliphatic carbocycles. The normalized spacial score (nSPS) is 10.8. The van der Waals surface area contributed by atoms with Crippen molar-refractivity contribution in [1.82, 2.24) is 0 Å². The van der Waals surface area contributed by atoms with Gasteiger partial charge in [0, 0.05) is 11.2 Å². The highest BCUT2D eigenvalue weighted by Crippen LogP contribution is 2.28. The lowest BCUT2D eigenvalue weighted by molar-refractivity contribution is 0.415. The quantitative estimate of drug-likeness (QED) is 0.743. The molecule has 2 aromatic carbocycles. The van der Waals surface area contributed by atoms with Gasteiger partial charge in [-0.25, -0.2) is 0 Å². The van der Waals surface area contributed by atoms with Crippen molar-refractivity contribution >= 4 is 35.1 Å². The highest BCUT2D eigenvalue weighted by molar-refractivity contribution is 6.32. The Morgan fingerprint density at radius 2 is 1.78 bits per heavy atom. The first-order valence-corrected chi connectivity index (χ1v) is 6.08. The molecule has 0 fully saturated rings. The van der Waals surface area contributed by atoms with Crippen LogP contribution in [0.1, 0.15) is 5.56 Å². The van der Waals surface area contributed by atoms with E-state index in [-0.39, 0.29) is 0 Å². The maximum absolute atomic E-state index is 6.02. The predicted octanol–water partition coefficient (Wildman–Crippen LogP) is 4.75. The molecule has 18 heavy (non-hydrogen) atoms. The summed E-state index contributed by atoms with van der Waals surface area (Å²) in [5, 5.41) is 1.25. The number of methoxy groups -OCH3 is 1. The van der Waals surface area contributed by atoms with Gasteiger partial charge in [-0.1, -0.05) is 35.3 Å². The number of hydrogen-bond acceptors (Lipinski definition) is 2. The minimum atomic E-state index is 0.545. The molecule has 0 atom stereocenters. The van der Waals surface area contributed by atoms with Gasteiger partial charge >= 0.3 is 0 Å². The molecule has 0 heterocycles. The second-order valence-corrected chi connectivity index (χ2v) is 4.47. The van der Waals surface area contributed by atoms with E-state index < -0.39 is 0 Å². The standard InChI is InChI=1S/C14H11Cl2NO/c1-18-14-7-6-12(8-13(14)16)17-9-10-2-4-11(15)5-3-10/h2-9H,1H3. The third-order valence-electron chi connectivity index (χ3n) is 2.37. The zero-order valence-corrected chi connectivity index (χ0v) is 11.2. The monoisotopic (exact) mass is 279 g/mol. The Bertz CT molecular complexity index is 565. The first-order valence-electron chi connectivity index (χ1n) is 5.32. The van der Waals surface area contributed by atoms with Gasteiger partial charge in [0.25, 0.3) is 0 Å². The van der Waals surface area contributed by atoms with E-state index in [1.165, 1.54) is 0 Å². The van der Waals surface area contributed by atoms with E-state index in [9.17, 15) is 0 Å². The maximum Gasteiger partial charge on any atom is 0.137 e. The fraction of sp³-hybridized carbons (Fsp3) is 0.0714. The number of nitrogens with zero attached hydrogens (tertiary/aromatic N) is 1. The van der Waals surface area contributed by atoms with Crippen LogP contribution in [0.4, 0.5) is 5.69 Å². The van der Waals surface area contributed by atoms with Crippen molar-refractivity contribution in [3.05, 3.63) is 58.1 Å². The average molecular weight is 280 g/mol. The fourth-order valence-corrected chi connectivity index (χ4v) is 1.81. The molecule has 0 N–H and O–H groups in total.